The zero-order chi connectivity index (χ0) is 17.8. The van der Waals surface area contributed by atoms with Gasteiger partial charge in [-0.1, -0.05) is 54.6 Å². The Balaban J connectivity index is 1.46. The summed E-state index contributed by atoms with van der Waals surface area (Å²) < 4.78 is 5.63. The fourth-order valence-corrected chi connectivity index (χ4v) is 4.06. The van der Waals surface area contributed by atoms with Crippen molar-refractivity contribution in [3.05, 3.63) is 71.3 Å². The Morgan fingerprint density at radius 2 is 1.92 bits per heavy atom. The van der Waals surface area contributed by atoms with Crippen LogP contribution in [0.2, 0.25) is 0 Å². The summed E-state index contributed by atoms with van der Waals surface area (Å²) in [7, 11) is 0. The normalized spacial score (nSPS) is 23.2. The van der Waals surface area contributed by atoms with Gasteiger partial charge in [-0.3, -0.25) is 9.69 Å². The molecular weight excluding hydrogens is 324 g/mol. The van der Waals surface area contributed by atoms with Crippen molar-refractivity contribution in [2.45, 2.75) is 37.9 Å². The van der Waals surface area contributed by atoms with E-state index in [-0.39, 0.29) is 18.0 Å². The molecular formula is C22H26N2O2. The highest BCUT2D eigenvalue weighted by Gasteiger charge is 2.31. The Morgan fingerprint density at radius 1 is 1.12 bits per heavy atom. The van der Waals surface area contributed by atoms with Gasteiger partial charge in [-0.15, -0.1) is 0 Å². The van der Waals surface area contributed by atoms with E-state index in [0.717, 1.165) is 32.4 Å². The van der Waals surface area contributed by atoms with Crippen LogP contribution in [-0.4, -0.2) is 36.6 Å². The van der Waals surface area contributed by atoms with Gasteiger partial charge in [0.05, 0.1) is 19.3 Å². The number of nitrogens with zero attached hydrogens (tertiary/aromatic N) is 1. The molecule has 1 heterocycles. The van der Waals surface area contributed by atoms with Crippen molar-refractivity contribution in [1.29, 1.82) is 0 Å². The van der Waals surface area contributed by atoms with Crippen molar-refractivity contribution in [1.82, 2.24) is 10.2 Å². The zero-order valence-electron chi connectivity index (χ0n) is 15.1. The number of benzene rings is 2. The fraction of sp³-hybridized carbons (Fsp3) is 0.409. The van der Waals surface area contributed by atoms with Gasteiger partial charge >= 0.3 is 0 Å². The van der Waals surface area contributed by atoms with E-state index >= 15 is 0 Å². The third kappa shape index (κ3) is 3.81. The molecule has 4 rings (SSSR count). The van der Waals surface area contributed by atoms with E-state index < -0.39 is 0 Å². The summed E-state index contributed by atoms with van der Waals surface area (Å²) in [4.78, 5) is 15.3. The number of morpholine rings is 1. The van der Waals surface area contributed by atoms with Crippen LogP contribution >= 0.6 is 0 Å². The summed E-state index contributed by atoms with van der Waals surface area (Å²) >= 11 is 0. The molecule has 1 fully saturated rings. The summed E-state index contributed by atoms with van der Waals surface area (Å²) in [6.45, 7) is 2.72. The van der Waals surface area contributed by atoms with E-state index in [1.165, 1.54) is 16.7 Å². The van der Waals surface area contributed by atoms with Crippen molar-refractivity contribution >= 4 is 5.91 Å². The molecule has 2 aliphatic rings. The van der Waals surface area contributed by atoms with Gasteiger partial charge in [0.2, 0.25) is 5.91 Å². The van der Waals surface area contributed by atoms with Crippen LogP contribution in [0.25, 0.3) is 0 Å². The topological polar surface area (TPSA) is 41.6 Å². The van der Waals surface area contributed by atoms with Crippen molar-refractivity contribution in [3.63, 3.8) is 0 Å². The number of hydrogen-bond acceptors (Lipinski definition) is 3. The second-order valence-electron chi connectivity index (χ2n) is 7.20. The largest absolute Gasteiger partial charge is 0.378 e. The quantitative estimate of drug-likeness (QED) is 0.921. The summed E-state index contributed by atoms with van der Waals surface area (Å²) in [6, 6.07) is 18.7. The molecule has 0 spiro atoms. The third-order valence-corrected chi connectivity index (χ3v) is 5.46. The van der Waals surface area contributed by atoms with Gasteiger partial charge in [-0.05, 0) is 36.0 Å². The van der Waals surface area contributed by atoms with Crippen LogP contribution in [0.1, 0.15) is 35.6 Å². The maximum atomic E-state index is 13.0. The van der Waals surface area contributed by atoms with E-state index in [9.17, 15) is 4.79 Å². The number of aryl methyl sites for hydroxylation is 1. The standard InChI is InChI=1S/C22H26N2O2/c25-22(23-20-12-6-10-18-9-4-5-11-19(18)20)21-16-26-14-13-24(21)15-17-7-2-1-3-8-17/h1-5,7-9,11,20-21H,6,10,12-16H2,(H,23,25)/t20-,21-/m1/s1. The lowest BCUT2D eigenvalue weighted by Crippen LogP contribution is -2.54. The molecule has 136 valence electrons. The van der Waals surface area contributed by atoms with Crippen LogP contribution in [0.4, 0.5) is 0 Å². The molecule has 0 aromatic heterocycles. The fourth-order valence-electron chi connectivity index (χ4n) is 4.06. The average molecular weight is 350 g/mol. The molecule has 26 heavy (non-hydrogen) atoms. The minimum atomic E-state index is -0.224. The predicted octanol–water partition coefficient (Wildman–Crippen LogP) is 3.08. The Kier molecular flexibility index (Phi) is 5.32. The van der Waals surface area contributed by atoms with Crippen molar-refractivity contribution < 1.29 is 9.53 Å². The molecule has 0 radical (unpaired) electrons. The maximum Gasteiger partial charge on any atom is 0.240 e. The Morgan fingerprint density at radius 3 is 2.81 bits per heavy atom. The number of carbonyl (C=O) groups excluding carboxylic acids is 1. The van der Waals surface area contributed by atoms with E-state index in [2.05, 4.69) is 46.6 Å². The van der Waals surface area contributed by atoms with Crippen molar-refractivity contribution in [2.75, 3.05) is 19.8 Å². The molecule has 0 bridgehead atoms. The zero-order valence-corrected chi connectivity index (χ0v) is 15.1. The number of amides is 1. The lowest BCUT2D eigenvalue weighted by Gasteiger charge is -2.36. The van der Waals surface area contributed by atoms with Crippen molar-refractivity contribution in [2.24, 2.45) is 0 Å². The molecule has 0 saturated carbocycles. The van der Waals surface area contributed by atoms with Crippen LogP contribution in [0.15, 0.2) is 54.6 Å². The molecule has 2 atom stereocenters. The van der Waals surface area contributed by atoms with E-state index in [1.54, 1.807) is 0 Å². The Bertz CT molecular complexity index is 747. The Hall–Kier alpha value is -2.17. The Labute approximate surface area is 155 Å². The summed E-state index contributed by atoms with van der Waals surface area (Å²) in [5.41, 5.74) is 3.87. The number of ether oxygens (including phenoxy) is 1. The first kappa shape index (κ1) is 17.3. The van der Waals surface area contributed by atoms with Gasteiger partial charge < -0.3 is 10.1 Å². The molecule has 4 nitrogen and oxygen atoms in total. The van der Waals surface area contributed by atoms with Crippen molar-refractivity contribution in [3.8, 4) is 0 Å². The molecule has 2 aromatic rings. The van der Waals surface area contributed by atoms with Crippen LogP contribution in [0.5, 0.6) is 0 Å². The molecule has 1 amide bonds. The first-order chi connectivity index (χ1) is 12.8. The highest BCUT2D eigenvalue weighted by atomic mass is 16.5. The highest BCUT2D eigenvalue weighted by molar-refractivity contribution is 5.82. The van der Waals surface area contributed by atoms with E-state index in [4.69, 9.17) is 4.74 Å². The predicted molar refractivity (Wildman–Crippen MR) is 102 cm³/mol. The minimum Gasteiger partial charge on any atom is -0.378 e. The lowest BCUT2D eigenvalue weighted by molar-refractivity contribution is -0.133. The molecule has 2 aromatic carbocycles. The number of carbonyl (C=O) groups is 1. The van der Waals surface area contributed by atoms with E-state index in [1.807, 2.05) is 18.2 Å². The first-order valence-electron chi connectivity index (χ1n) is 9.55. The molecule has 1 aliphatic heterocycles. The van der Waals surface area contributed by atoms with E-state index in [0.29, 0.717) is 13.2 Å². The SMILES string of the molecule is O=C(N[C@@H]1CCCc2ccccc21)[C@H]1COCCN1Cc1ccccc1. The van der Waals surface area contributed by atoms with Gasteiger partial charge in [0.15, 0.2) is 0 Å². The van der Waals surface area contributed by atoms with Crippen LogP contribution in [0, 0.1) is 0 Å². The average Bonchev–Trinajstić information content (AvgIpc) is 2.69. The first-order valence-corrected chi connectivity index (χ1v) is 9.55. The summed E-state index contributed by atoms with van der Waals surface area (Å²) in [6.07, 6.45) is 3.24. The number of rotatable bonds is 4. The third-order valence-electron chi connectivity index (χ3n) is 5.46. The molecule has 0 unspecified atom stereocenters. The van der Waals surface area contributed by atoms with Gasteiger partial charge in [0.1, 0.15) is 6.04 Å². The van der Waals surface area contributed by atoms with Gasteiger partial charge in [0.25, 0.3) is 0 Å². The summed E-state index contributed by atoms with van der Waals surface area (Å²) in [5.74, 6) is 0.0855. The number of nitrogens with one attached hydrogen (secondary N) is 1. The lowest BCUT2D eigenvalue weighted by atomic mass is 9.87. The summed E-state index contributed by atoms with van der Waals surface area (Å²) in [5, 5.41) is 3.30. The molecule has 1 N–H and O–H groups in total. The van der Waals surface area contributed by atoms with Crippen LogP contribution < -0.4 is 5.32 Å². The molecule has 4 heteroatoms. The second kappa shape index (κ2) is 8.02. The minimum absolute atomic E-state index is 0.0855. The van der Waals surface area contributed by atoms with Crippen LogP contribution in [-0.2, 0) is 22.5 Å². The number of hydrogen-bond donors (Lipinski definition) is 1. The van der Waals surface area contributed by atoms with Gasteiger partial charge in [-0.2, -0.15) is 0 Å². The molecule has 1 aliphatic carbocycles. The monoisotopic (exact) mass is 350 g/mol. The van der Waals surface area contributed by atoms with Gasteiger partial charge in [-0.25, -0.2) is 0 Å². The second-order valence-corrected chi connectivity index (χ2v) is 7.20. The van der Waals surface area contributed by atoms with Crippen LogP contribution in [0.3, 0.4) is 0 Å². The molecule has 1 saturated heterocycles. The van der Waals surface area contributed by atoms with Gasteiger partial charge in [0, 0.05) is 13.1 Å². The highest BCUT2D eigenvalue weighted by Crippen LogP contribution is 2.29. The maximum absolute atomic E-state index is 13.0. The number of fused-ring (bicyclic) bond motifs is 1. The smallest absolute Gasteiger partial charge is 0.240 e.